The van der Waals surface area contributed by atoms with Crippen LogP contribution in [0.2, 0.25) is 0 Å². The molecule has 0 aromatic heterocycles. The van der Waals surface area contributed by atoms with Crippen LogP contribution in [0.15, 0.2) is 59.7 Å². The highest BCUT2D eigenvalue weighted by molar-refractivity contribution is 5.95. The SMILES string of the molecule is CC1=NN(c2ccc(C(=O)NC(CN3CCN(C)CC3)c3ccccc3)cc2)CC1. The third-order valence-electron chi connectivity index (χ3n) is 5.95. The molecule has 0 aliphatic carbocycles. The molecule has 1 N–H and O–H groups in total. The molecule has 2 aliphatic rings. The van der Waals surface area contributed by atoms with Gasteiger partial charge in [-0.25, -0.2) is 0 Å². The highest BCUT2D eigenvalue weighted by atomic mass is 16.1. The molecule has 0 radical (unpaired) electrons. The largest absolute Gasteiger partial charge is 0.344 e. The van der Waals surface area contributed by atoms with E-state index < -0.39 is 0 Å². The number of carbonyl (C=O) groups excluding carboxylic acids is 1. The topological polar surface area (TPSA) is 51.2 Å². The Morgan fingerprint density at radius 1 is 1.00 bits per heavy atom. The predicted molar refractivity (Wildman–Crippen MR) is 122 cm³/mol. The number of hydrogen-bond acceptors (Lipinski definition) is 5. The minimum Gasteiger partial charge on any atom is -0.344 e. The van der Waals surface area contributed by atoms with Crippen LogP contribution < -0.4 is 10.3 Å². The van der Waals surface area contributed by atoms with E-state index in [4.69, 9.17) is 0 Å². The van der Waals surface area contributed by atoms with Crippen LogP contribution in [0.1, 0.15) is 35.3 Å². The van der Waals surface area contributed by atoms with Crippen molar-refractivity contribution < 1.29 is 4.79 Å². The Bertz CT molecular complexity index is 872. The van der Waals surface area contributed by atoms with Crippen LogP contribution in [0.25, 0.3) is 0 Å². The first-order chi connectivity index (χ1) is 14.6. The van der Waals surface area contributed by atoms with Gasteiger partial charge in [0.1, 0.15) is 0 Å². The Morgan fingerprint density at radius 2 is 1.70 bits per heavy atom. The molecule has 1 amide bonds. The fraction of sp³-hybridized carbons (Fsp3) is 0.417. The summed E-state index contributed by atoms with van der Waals surface area (Å²) in [4.78, 5) is 17.8. The second-order valence-corrected chi connectivity index (χ2v) is 8.30. The van der Waals surface area contributed by atoms with Crippen LogP contribution in [0.4, 0.5) is 5.69 Å². The fourth-order valence-corrected chi connectivity index (χ4v) is 4.00. The van der Waals surface area contributed by atoms with Crippen LogP contribution in [-0.2, 0) is 0 Å². The third-order valence-corrected chi connectivity index (χ3v) is 5.95. The molecule has 6 heteroatoms. The number of benzene rings is 2. The normalized spacial score (nSPS) is 18.9. The van der Waals surface area contributed by atoms with Gasteiger partial charge >= 0.3 is 0 Å². The molecule has 2 aromatic rings. The Morgan fingerprint density at radius 3 is 2.33 bits per heavy atom. The number of carbonyl (C=O) groups is 1. The lowest BCUT2D eigenvalue weighted by atomic mass is 10.0. The molecule has 0 spiro atoms. The molecule has 1 fully saturated rings. The smallest absolute Gasteiger partial charge is 0.251 e. The number of nitrogens with zero attached hydrogens (tertiary/aromatic N) is 4. The lowest BCUT2D eigenvalue weighted by Gasteiger charge is -2.35. The minimum absolute atomic E-state index is 0.0346. The van der Waals surface area contributed by atoms with Gasteiger partial charge in [-0.3, -0.25) is 14.7 Å². The van der Waals surface area contributed by atoms with Crippen molar-refractivity contribution in [1.82, 2.24) is 15.1 Å². The molecule has 1 unspecified atom stereocenters. The van der Waals surface area contributed by atoms with E-state index in [-0.39, 0.29) is 11.9 Å². The molecule has 0 saturated carbocycles. The van der Waals surface area contributed by atoms with Crippen molar-refractivity contribution in [3.8, 4) is 0 Å². The maximum atomic E-state index is 13.0. The first kappa shape index (κ1) is 20.6. The van der Waals surface area contributed by atoms with E-state index in [1.807, 2.05) is 54.4 Å². The highest BCUT2D eigenvalue weighted by Gasteiger charge is 2.22. The number of likely N-dealkylation sites (N-methyl/N-ethyl adjacent to an activating group) is 1. The predicted octanol–water partition coefficient (Wildman–Crippen LogP) is 2.99. The van der Waals surface area contributed by atoms with Gasteiger partial charge in [0.2, 0.25) is 0 Å². The van der Waals surface area contributed by atoms with Gasteiger partial charge in [0.25, 0.3) is 5.91 Å². The first-order valence-electron chi connectivity index (χ1n) is 10.8. The molecule has 158 valence electrons. The average molecular weight is 406 g/mol. The summed E-state index contributed by atoms with van der Waals surface area (Å²) in [7, 11) is 2.16. The van der Waals surface area contributed by atoms with Gasteiger partial charge in [-0.2, -0.15) is 5.10 Å². The second kappa shape index (κ2) is 9.41. The fourth-order valence-electron chi connectivity index (χ4n) is 4.00. The number of nitrogens with one attached hydrogen (secondary N) is 1. The van der Waals surface area contributed by atoms with Gasteiger partial charge in [0.05, 0.1) is 11.7 Å². The van der Waals surface area contributed by atoms with E-state index in [1.54, 1.807) is 0 Å². The van der Waals surface area contributed by atoms with Crippen LogP contribution in [0, 0.1) is 0 Å². The summed E-state index contributed by atoms with van der Waals surface area (Å²) in [6.07, 6.45) is 0.993. The molecular weight excluding hydrogens is 374 g/mol. The van der Waals surface area contributed by atoms with E-state index in [0.29, 0.717) is 5.56 Å². The summed E-state index contributed by atoms with van der Waals surface area (Å²) in [5.41, 5.74) is 3.99. The van der Waals surface area contributed by atoms with Crippen LogP contribution in [0.5, 0.6) is 0 Å². The number of hydrogen-bond donors (Lipinski definition) is 1. The minimum atomic E-state index is -0.0364. The summed E-state index contributed by atoms with van der Waals surface area (Å²) in [5, 5.41) is 9.80. The molecule has 6 nitrogen and oxygen atoms in total. The van der Waals surface area contributed by atoms with Gasteiger partial charge in [-0.05, 0) is 43.8 Å². The molecule has 2 aliphatic heterocycles. The number of anilines is 1. The standard InChI is InChI=1S/C24H31N5O/c1-19-12-13-29(26-19)22-10-8-21(9-11-22)24(30)25-23(20-6-4-3-5-7-20)18-28-16-14-27(2)15-17-28/h3-11,23H,12-18H2,1-2H3,(H,25,30). The van der Waals surface area contributed by atoms with E-state index >= 15 is 0 Å². The van der Waals surface area contributed by atoms with Crippen molar-refractivity contribution in [3.05, 3.63) is 65.7 Å². The first-order valence-corrected chi connectivity index (χ1v) is 10.8. The van der Waals surface area contributed by atoms with Gasteiger partial charge in [-0.1, -0.05) is 30.3 Å². The highest BCUT2D eigenvalue weighted by Crippen LogP contribution is 2.21. The average Bonchev–Trinajstić information content (AvgIpc) is 3.22. The van der Waals surface area contributed by atoms with Gasteiger partial charge in [0, 0.05) is 57.0 Å². The van der Waals surface area contributed by atoms with E-state index in [0.717, 1.165) is 62.7 Å². The maximum Gasteiger partial charge on any atom is 0.251 e. The molecule has 1 saturated heterocycles. The zero-order valence-corrected chi connectivity index (χ0v) is 17.9. The molecular formula is C24H31N5O. The summed E-state index contributed by atoms with van der Waals surface area (Å²) >= 11 is 0. The summed E-state index contributed by atoms with van der Waals surface area (Å²) in [6, 6.07) is 18.0. The number of piperazine rings is 1. The zero-order valence-electron chi connectivity index (χ0n) is 17.9. The molecule has 1 atom stereocenters. The monoisotopic (exact) mass is 405 g/mol. The Balaban J connectivity index is 1.44. The molecule has 2 aromatic carbocycles. The van der Waals surface area contributed by atoms with Crippen molar-refractivity contribution in [2.75, 3.05) is 51.3 Å². The van der Waals surface area contributed by atoms with Crippen LogP contribution in [-0.4, -0.2) is 67.7 Å². The van der Waals surface area contributed by atoms with E-state index in [9.17, 15) is 4.79 Å². The van der Waals surface area contributed by atoms with Crippen molar-refractivity contribution in [1.29, 1.82) is 0 Å². The quantitative estimate of drug-likeness (QED) is 0.803. The van der Waals surface area contributed by atoms with Crippen molar-refractivity contribution in [2.24, 2.45) is 5.10 Å². The van der Waals surface area contributed by atoms with Gasteiger partial charge < -0.3 is 10.2 Å². The van der Waals surface area contributed by atoms with Crippen LogP contribution >= 0.6 is 0 Å². The molecule has 0 bridgehead atoms. The van der Waals surface area contributed by atoms with Crippen molar-refractivity contribution in [2.45, 2.75) is 19.4 Å². The molecule has 30 heavy (non-hydrogen) atoms. The van der Waals surface area contributed by atoms with Crippen molar-refractivity contribution in [3.63, 3.8) is 0 Å². The number of rotatable bonds is 6. The van der Waals surface area contributed by atoms with Crippen molar-refractivity contribution >= 4 is 17.3 Å². The second-order valence-electron chi connectivity index (χ2n) is 8.30. The zero-order chi connectivity index (χ0) is 20.9. The summed E-state index contributed by atoms with van der Waals surface area (Å²) in [5.74, 6) is -0.0364. The van der Waals surface area contributed by atoms with Gasteiger partial charge in [-0.15, -0.1) is 0 Å². The van der Waals surface area contributed by atoms with E-state index in [1.165, 1.54) is 0 Å². The molecule has 4 rings (SSSR count). The third kappa shape index (κ3) is 5.07. The van der Waals surface area contributed by atoms with Gasteiger partial charge in [0.15, 0.2) is 0 Å². The summed E-state index contributed by atoms with van der Waals surface area (Å²) < 4.78 is 0. The lowest BCUT2D eigenvalue weighted by molar-refractivity contribution is 0.0907. The maximum absolute atomic E-state index is 13.0. The Labute approximate surface area is 179 Å². The van der Waals surface area contributed by atoms with Crippen LogP contribution in [0.3, 0.4) is 0 Å². The summed E-state index contributed by atoms with van der Waals surface area (Å²) in [6.45, 7) is 7.96. The Hall–Kier alpha value is -2.70. The number of hydrazone groups is 1. The number of amides is 1. The van der Waals surface area contributed by atoms with E-state index in [2.05, 4.69) is 39.4 Å². The Kier molecular flexibility index (Phi) is 6.45. The molecule has 2 heterocycles. The lowest BCUT2D eigenvalue weighted by Crippen LogP contribution is -2.47.